The normalized spacial score (nSPS) is 16.0. The summed E-state index contributed by atoms with van der Waals surface area (Å²) in [6, 6.07) is 3.94. The van der Waals surface area contributed by atoms with E-state index in [4.69, 9.17) is 11.6 Å². The first-order valence-electron chi connectivity index (χ1n) is 8.45. The quantitative estimate of drug-likeness (QED) is 0.788. The fourth-order valence-electron chi connectivity index (χ4n) is 3.03. The van der Waals surface area contributed by atoms with Crippen molar-refractivity contribution in [3.8, 4) is 0 Å². The van der Waals surface area contributed by atoms with Crippen LogP contribution in [0.1, 0.15) is 11.3 Å². The molecular formula is C17H19ClF3N5O. The lowest BCUT2D eigenvalue weighted by Gasteiger charge is -2.36. The maximum atomic E-state index is 12.5. The Morgan fingerprint density at radius 3 is 2.56 bits per heavy atom. The van der Waals surface area contributed by atoms with Crippen LogP contribution >= 0.6 is 11.6 Å². The van der Waals surface area contributed by atoms with Crippen LogP contribution in [0, 0.1) is 6.92 Å². The summed E-state index contributed by atoms with van der Waals surface area (Å²) in [4.78, 5) is 20.5. The molecule has 0 atom stereocenters. The molecule has 3 heterocycles. The van der Waals surface area contributed by atoms with E-state index in [0.717, 1.165) is 30.9 Å². The summed E-state index contributed by atoms with van der Waals surface area (Å²) in [5.41, 5.74) is 1.58. The molecule has 10 heteroatoms. The second-order valence-electron chi connectivity index (χ2n) is 6.43. The highest BCUT2D eigenvalue weighted by atomic mass is 35.5. The second kappa shape index (κ2) is 7.85. The zero-order valence-corrected chi connectivity index (χ0v) is 15.5. The van der Waals surface area contributed by atoms with Crippen LogP contribution in [-0.2, 0) is 13.1 Å². The molecule has 0 bridgehead atoms. The molecule has 1 fully saturated rings. The van der Waals surface area contributed by atoms with Gasteiger partial charge in [-0.1, -0.05) is 17.7 Å². The van der Waals surface area contributed by atoms with E-state index >= 15 is 0 Å². The molecule has 1 aliphatic rings. The molecule has 1 saturated heterocycles. The molecule has 0 aliphatic carbocycles. The molecule has 2 aromatic rings. The lowest BCUT2D eigenvalue weighted by molar-refractivity contribution is -0.143. The minimum atomic E-state index is -4.53. The maximum absolute atomic E-state index is 12.5. The Hall–Kier alpha value is -2.13. The average molecular weight is 402 g/mol. The van der Waals surface area contributed by atoms with Gasteiger partial charge in [-0.15, -0.1) is 0 Å². The van der Waals surface area contributed by atoms with Crippen molar-refractivity contribution in [1.82, 2.24) is 19.7 Å². The first kappa shape index (κ1) is 19.6. The van der Waals surface area contributed by atoms with Crippen molar-refractivity contribution in [3.63, 3.8) is 0 Å². The third-order valence-corrected chi connectivity index (χ3v) is 4.87. The van der Waals surface area contributed by atoms with Crippen molar-refractivity contribution in [2.45, 2.75) is 26.2 Å². The molecule has 146 valence electrons. The van der Waals surface area contributed by atoms with E-state index in [2.05, 4.69) is 15.0 Å². The standard InChI is InChI=1S/C17H19ClF3N5O/c1-12-13(3-2-4-22-12)10-24-5-7-25(8-6-24)14-9-23-26(11-17(19,20)21)16(27)15(14)18/h2-4,9H,5-8,10-11H2,1H3. The average Bonchev–Trinajstić information content (AvgIpc) is 2.61. The number of hydrogen-bond acceptors (Lipinski definition) is 5. The number of nitrogens with zero attached hydrogens (tertiary/aromatic N) is 5. The van der Waals surface area contributed by atoms with Crippen LogP contribution in [0.3, 0.4) is 0 Å². The van der Waals surface area contributed by atoms with Crippen molar-refractivity contribution in [3.05, 3.63) is 51.2 Å². The predicted octanol–water partition coefficient (Wildman–Crippen LogP) is 2.48. The molecule has 6 nitrogen and oxygen atoms in total. The molecule has 1 aliphatic heterocycles. The lowest BCUT2D eigenvalue weighted by atomic mass is 10.2. The predicted molar refractivity (Wildman–Crippen MR) is 96.0 cm³/mol. The molecule has 0 N–H and O–H groups in total. The largest absolute Gasteiger partial charge is 0.408 e. The molecular weight excluding hydrogens is 383 g/mol. The maximum Gasteiger partial charge on any atom is 0.408 e. The van der Waals surface area contributed by atoms with E-state index in [1.165, 1.54) is 6.20 Å². The second-order valence-corrected chi connectivity index (χ2v) is 6.81. The van der Waals surface area contributed by atoms with Gasteiger partial charge in [0.1, 0.15) is 11.6 Å². The van der Waals surface area contributed by atoms with Crippen molar-refractivity contribution in [2.24, 2.45) is 0 Å². The smallest absolute Gasteiger partial charge is 0.366 e. The van der Waals surface area contributed by atoms with Crippen LogP contribution in [0.4, 0.5) is 18.9 Å². The number of rotatable bonds is 4. The van der Waals surface area contributed by atoms with Crippen LogP contribution in [0.2, 0.25) is 5.02 Å². The summed E-state index contributed by atoms with van der Waals surface area (Å²) in [6.45, 7) is 3.95. The van der Waals surface area contributed by atoms with Gasteiger partial charge in [-0.05, 0) is 18.6 Å². The van der Waals surface area contributed by atoms with Crippen molar-refractivity contribution in [1.29, 1.82) is 0 Å². The summed E-state index contributed by atoms with van der Waals surface area (Å²) >= 11 is 6.04. The highest BCUT2D eigenvalue weighted by Crippen LogP contribution is 2.24. The van der Waals surface area contributed by atoms with E-state index in [9.17, 15) is 18.0 Å². The number of aryl methyl sites for hydroxylation is 1. The van der Waals surface area contributed by atoms with Gasteiger partial charge in [-0.2, -0.15) is 18.3 Å². The first-order chi connectivity index (χ1) is 12.7. The topological polar surface area (TPSA) is 54.3 Å². The van der Waals surface area contributed by atoms with Crippen LogP contribution < -0.4 is 10.5 Å². The number of pyridine rings is 1. The molecule has 0 radical (unpaired) electrons. The van der Waals surface area contributed by atoms with E-state index in [-0.39, 0.29) is 5.02 Å². The fourth-order valence-corrected chi connectivity index (χ4v) is 3.30. The molecule has 27 heavy (non-hydrogen) atoms. The van der Waals surface area contributed by atoms with Gasteiger partial charge in [-0.25, -0.2) is 4.68 Å². The van der Waals surface area contributed by atoms with Gasteiger partial charge in [0.2, 0.25) is 0 Å². The van der Waals surface area contributed by atoms with Gasteiger partial charge < -0.3 is 4.90 Å². The zero-order valence-electron chi connectivity index (χ0n) is 14.7. The molecule has 0 aromatic carbocycles. The highest BCUT2D eigenvalue weighted by molar-refractivity contribution is 6.33. The summed E-state index contributed by atoms with van der Waals surface area (Å²) < 4.78 is 37.8. The van der Waals surface area contributed by atoms with E-state index in [1.54, 1.807) is 6.20 Å². The van der Waals surface area contributed by atoms with Gasteiger partial charge in [0.25, 0.3) is 5.56 Å². The Morgan fingerprint density at radius 2 is 1.93 bits per heavy atom. The first-order valence-corrected chi connectivity index (χ1v) is 8.82. The zero-order chi connectivity index (χ0) is 19.6. The van der Waals surface area contributed by atoms with Crippen molar-refractivity contribution < 1.29 is 13.2 Å². The number of alkyl halides is 3. The number of piperazine rings is 1. The Balaban J connectivity index is 1.67. The summed E-state index contributed by atoms with van der Waals surface area (Å²) in [7, 11) is 0. The third-order valence-electron chi connectivity index (χ3n) is 4.52. The van der Waals surface area contributed by atoms with Crippen LogP contribution in [0.25, 0.3) is 0 Å². The van der Waals surface area contributed by atoms with Gasteiger partial charge in [0.15, 0.2) is 0 Å². The van der Waals surface area contributed by atoms with Gasteiger partial charge >= 0.3 is 6.18 Å². The Labute approximate surface area is 159 Å². The van der Waals surface area contributed by atoms with Gasteiger partial charge in [-0.3, -0.25) is 14.7 Å². The van der Waals surface area contributed by atoms with E-state index < -0.39 is 18.3 Å². The molecule has 0 amide bonds. The molecule has 0 unspecified atom stereocenters. The van der Waals surface area contributed by atoms with Crippen molar-refractivity contribution in [2.75, 3.05) is 31.1 Å². The number of anilines is 1. The van der Waals surface area contributed by atoms with Crippen LogP contribution in [-0.4, -0.2) is 52.0 Å². The lowest BCUT2D eigenvalue weighted by Crippen LogP contribution is -2.46. The summed E-state index contributed by atoms with van der Waals surface area (Å²) in [5.74, 6) is 0. The SMILES string of the molecule is Cc1ncccc1CN1CCN(c2cnn(CC(F)(F)F)c(=O)c2Cl)CC1. The van der Waals surface area contributed by atoms with E-state index in [0.29, 0.717) is 23.5 Å². The van der Waals surface area contributed by atoms with Crippen molar-refractivity contribution >= 4 is 17.3 Å². The molecule has 3 rings (SSSR count). The Kier molecular flexibility index (Phi) is 5.71. The molecule has 2 aromatic heterocycles. The minimum Gasteiger partial charge on any atom is -0.366 e. The molecule has 0 saturated carbocycles. The molecule has 0 spiro atoms. The fraction of sp³-hybridized carbons (Fsp3) is 0.471. The number of halogens is 4. The highest BCUT2D eigenvalue weighted by Gasteiger charge is 2.30. The van der Waals surface area contributed by atoms with Crippen LogP contribution in [0.15, 0.2) is 29.3 Å². The Bertz CT molecular complexity index is 862. The summed E-state index contributed by atoms with van der Waals surface area (Å²) in [5, 5.41) is 3.40. The van der Waals surface area contributed by atoms with Crippen LogP contribution in [0.5, 0.6) is 0 Å². The summed E-state index contributed by atoms with van der Waals surface area (Å²) in [6.07, 6.45) is -1.54. The van der Waals surface area contributed by atoms with E-state index in [1.807, 2.05) is 24.0 Å². The number of aromatic nitrogens is 3. The monoisotopic (exact) mass is 401 g/mol. The minimum absolute atomic E-state index is 0.231. The third kappa shape index (κ3) is 4.78. The Morgan fingerprint density at radius 1 is 1.22 bits per heavy atom. The van der Waals surface area contributed by atoms with Gasteiger partial charge in [0.05, 0.1) is 11.9 Å². The van der Waals surface area contributed by atoms with Gasteiger partial charge in [0, 0.05) is 44.6 Å². The number of hydrogen-bond donors (Lipinski definition) is 0.